The number of unbranched alkanes of at least 4 members (excludes halogenated alkanes) is 3. The van der Waals surface area contributed by atoms with E-state index in [1.807, 2.05) is 0 Å². The molecule has 0 radical (unpaired) electrons. The maximum absolute atomic E-state index is 14.7. The van der Waals surface area contributed by atoms with Crippen LogP contribution in [0.1, 0.15) is 36.8 Å². The van der Waals surface area contributed by atoms with Gasteiger partial charge in [-0.15, -0.1) is 11.8 Å². The molecule has 30 nitrogen and oxygen atoms in total. The van der Waals surface area contributed by atoms with Crippen LogP contribution in [0, 0.1) is 20.9 Å². The SMILES string of the molecule is O=c1nc2c(S(=O)(=O)O)cc(Nc3cc(SCCSCCCCCCSCCS(=O)(=O)c4ccc(S(=O)(=O)O)c(Nc5cc(S(=O)(=O)O)c6nc(=O)c(=C(O)c7cccc(S(=O)(=O)O)c7)c7c8ccccc8c(=O)c5c6=7)c4)ccc3S(=O)(=O)O)c3c2=c(c1=C(O)c1cccc(S(=O)(=O)O)c1)c1ccccc1c3=O. The lowest BCUT2D eigenvalue weighted by atomic mass is 9.96. The number of anilines is 4. The predicted octanol–water partition coefficient (Wildman–Crippen LogP) is 7.28. The summed E-state index contributed by atoms with van der Waals surface area (Å²) in [6.07, 6.45) is 2.98. The Morgan fingerprint density at radius 1 is 0.361 bits per heavy atom. The molecule has 0 bridgehead atoms. The molecule has 0 atom stereocenters. The second-order valence-electron chi connectivity index (χ2n) is 24.1. The van der Waals surface area contributed by atoms with Crippen molar-refractivity contribution in [2.45, 2.75) is 64.8 Å². The topological polar surface area (TPSA) is 519 Å². The van der Waals surface area contributed by atoms with Crippen LogP contribution in [-0.4, -0.2) is 141 Å². The van der Waals surface area contributed by atoms with E-state index in [1.165, 1.54) is 90.3 Å². The van der Waals surface area contributed by atoms with Crippen LogP contribution in [0.25, 0.3) is 54.9 Å². The van der Waals surface area contributed by atoms with E-state index in [0.717, 1.165) is 92.1 Å². The number of fused-ring (bicyclic) bond motifs is 4. The number of hydrogen-bond donors (Lipinski definition) is 10. The highest BCUT2D eigenvalue weighted by atomic mass is 32.2. The number of hydrogen-bond acceptors (Lipinski definition) is 27. The Bertz CT molecular complexity index is 7200. The van der Waals surface area contributed by atoms with Gasteiger partial charge in [0.05, 0.1) is 75.4 Å². The first-order valence-corrected chi connectivity index (χ1v) is 45.0. The quantitative estimate of drug-likeness (QED) is 0.0137. The molecule has 0 saturated carbocycles. The molecule has 2 aliphatic heterocycles. The standard InChI is InChI=1S/C68H54N4O26S10/c73-63(35-11-9-13-39(29-35)103(81,82)83)59-53-41-15-3-5-17-43(41)65(75)55-47(33-51(107(93,94)95)61(57(53)55)71-67(59)77)69-45-31-37(19-21-49(45)105(87,88)89)101-26-25-99-23-7-1-2-8-24-100-27-28-102(79,80)38-20-22-50(106(90,91)92)46(32-38)70-48-34-52(108(96,97)98)62-58-54(42-16-4-6-18-44(42)66(76)56(48)58)60(68(78)72-62)64(74)36-12-10-14-40(30-36)104(84,85)86/h3-6,9-22,29-34,69-70,73-74H,1-2,7-8,23-28H2,(H,81,82,83)(H,84,85,86)(H,87,88,89)(H,90,91,92)(H,93,94,95)(H,96,97,98). The van der Waals surface area contributed by atoms with Gasteiger partial charge in [-0.05, 0) is 108 Å². The molecule has 40 heteroatoms. The van der Waals surface area contributed by atoms with Gasteiger partial charge in [-0.25, -0.2) is 18.4 Å². The van der Waals surface area contributed by atoms with E-state index >= 15 is 0 Å². The number of aliphatic hydroxyl groups is 2. The van der Waals surface area contributed by atoms with Crippen LogP contribution in [0.5, 0.6) is 0 Å². The number of thioether (sulfide) groups is 3. The maximum atomic E-state index is 14.7. The zero-order valence-electron chi connectivity index (χ0n) is 54.8. The number of aliphatic hydroxyl groups excluding tert-OH is 2. The minimum absolute atomic E-state index is 0.0343. The number of nitrogens with zero attached hydrogens (tertiary/aromatic N) is 2. The summed E-state index contributed by atoms with van der Waals surface area (Å²) in [4.78, 5) is 59.9. The Labute approximate surface area is 624 Å². The first-order valence-electron chi connectivity index (χ1n) is 31.4. The van der Waals surface area contributed by atoms with E-state index in [-0.39, 0.29) is 54.5 Å². The highest BCUT2D eigenvalue weighted by Crippen LogP contribution is 2.38. The molecular formula is C68H54N4O26S10. The molecule has 0 saturated heterocycles. The smallest absolute Gasteiger partial charge is 0.296 e. The van der Waals surface area contributed by atoms with E-state index in [0.29, 0.717) is 40.4 Å². The molecule has 4 aliphatic rings. The average molecular weight is 1660 g/mol. The number of rotatable bonds is 27. The normalized spacial score (nSPS) is 13.5. The van der Waals surface area contributed by atoms with Crippen molar-refractivity contribution in [2.75, 3.05) is 45.2 Å². The highest BCUT2D eigenvalue weighted by molar-refractivity contribution is 8.03. The van der Waals surface area contributed by atoms with Crippen molar-refractivity contribution in [3.63, 3.8) is 0 Å². The predicted molar refractivity (Wildman–Crippen MR) is 404 cm³/mol. The Morgan fingerprint density at radius 3 is 1.19 bits per heavy atom. The Hall–Kier alpha value is -9.08. The zero-order valence-corrected chi connectivity index (χ0v) is 63.0. The average Bonchev–Trinajstić information content (AvgIpc) is 0.707. The molecule has 0 unspecified atom stereocenters. The number of benzene rings is 8. The zero-order chi connectivity index (χ0) is 78.1. The van der Waals surface area contributed by atoms with Crippen LogP contribution in [-0.2, 0) is 70.5 Å². The molecule has 2 aliphatic carbocycles. The second-order valence-corrected chi connectivity index (χ2v) is 38.2. The van der Waals surface area contributed by atoms with Gasteiger partial charge in [0.1, 0.15) is 31.1 Å². The minimum Gasteiger partial charge on any atom is -0.506 e. The van der Waals surface area contributed by atoms with Crippen LogP contribution < -0.4 is 43.0 Å². The second kappa shape index (κ2) is 29.7. The summed E-state index contributed by atoms with van der Waals surface area (Å²) in [7, 11) is -35.2. The summed E-state index contributed by atoms with van der Waals surface area (Å²) in [6, 6.07) is 26.9. The first kappa shape index (κ1) is 78.5. The van der Waals surface area contributed by atoms with Gasteiger partial charge in [0.2, 0.25) is 0 Å². The van der Waals surface area contributed by atoms with Crippen molar-refractivity contribution in [3.8, 4) is 0 Å². The minimum atomic E-state index is -5.46. The van der Waals surface area contributed by atoms with E-state index in [1.54, 1.807) is 11.8 Å². The van der Waals surface area contributed by atoms with E-state index < -0.39 is 204 Å². The fourth-order valence-corrected chi connectivity index (χ4v) is 20.9. The van der Waals surface area contributed by atoms with Gasteiger partial charge >= 0.3 is 0 Å². The number of aromatic nitrogens is 2. The summed E-state index contributed by atoms with van der Waals surface area (Å²) in [5, 5.41) is 24.5. The van der Waals surface area contributed by atoms with Crippen molar-refractivity contribution in [3.05, 3.63) is 229 Å². The molecule has 8 aromatic rings. The molecule has 562 valence electrons. The monoisotopic (exact) mass is 1660 g/mol. The highest BCUT2D eigenvalue weighted by Gasteiger charge is 2.31. The fourth-order valence-electron chi connectivity index (χ4n) is 12.5. The van der Waals surface area contributed by atoms with Crippen molar-refractivity contribution >= 4 is 183 Å². The molecule has 0 aromatic heterocycles. The van der Waals surface area contributed by atoms with Crippen LogP contribution in [0.2, 0.25) is 0 Å². The van der Waals surface area contributed by atoms with Gasteiger partial charge in [0.15, 0.2) is 20.7 Å². The maximum Gasteiger partial charge on any atom is 0.296 e. The lowest BCUT2D eigenvalue weighted by molar-refractivity contribution is 0.480. The summed E-state index contributed by atoms with van der Waals surface area (Å²) in [6.45, 7) is 0. The van der Waals surface area contributed by atoms with Gasteiger partial charge in [0, 0.05) is 64.9 Å². The molecular weight excluding hydrogens is 1610 g/mol. The van der Waals surface area contributed by atoms with Crippen LogP contribution >= 0.6 is 35.3 Å². The summed E-state index contributed by atoms with van der Waals surface area (Å²) < 4.78 is 242. The summed E-state index contributed by atoms with van der Waals surface area (Å²) in [5.41, 5.74) is -8.81. The van der Waals surface area contributed by atoms with Gasteiger partial charge < -0.3 is 20.8 Å². The van der Waals surface area contributed by atoms with Gasteiger partial charge in [-0.3, -0.25) is 46.5 Å². The molecule has 10 N–H and O–H groups in total. The van der Waals surface area contributed by atoms with E-state index in [9.17, 15) is 116 Å². The van der Waals surface area contributed by atoms with Crippen molar-refractivity contribution in [1.82, 2.24) is 9.97 Å². The molecule has 0 spiro atoms. The van der Waals surface area contributed by atoms with Crippen LogP contribution in [0.15, 0.2) is 204 Å². The molecule has 108 heavy (non-hydrogen) atoms. The van der Waals surface area contributed by atoms with E-state index in [4.69, 9.17) is 0 Å². The molecule has 0 amide bonds. The Morgan fingerprint density at radius 2 is 0.769 bits per heavy atom. The lowest BCUT2D eigenvalue weighted by Gasteiger charge is -2.17. The first-order chi connectivity index (χ1) is 50.6. The third-order valence-corrected chi connectivity index (χ3v) is 27.9. The lowest BCUT2D eigenvalue weighted by Crippen LogP contribution is -2.33. The summed E-state index contributed by atoms with van der Waals surface area (Å²) >= 11 is 4.16. The van der Waals surface area contributed by atoms with Gasteiger partial charge in [0.25, 0.3) is 71.8 Å². The van der Waals surface area contributed by atoms with Crippen molar-refractivity contribution in [2.24, 2.45) is 0 Å². The molecule has 2 heterocycles. The summed E-state index contributed by atoms with van der Waals surface area (Å²) in [5.74, 6) is -0.0697. The third-order valence-electron chi connectivity index (χ3n) is 17.2. The molecule has 8 aromatic carbocycles. The number of sulfone groups is 1. The Balaban J connectivity index is 0.710. The third kappa shape index (κ3) is 15.8. The van der Waals surface area contributed by atoms with E-state index in [2.05, 4.69) is 20.6 Å². The number of nitrogens with one attached hydrogen (secondary N) is 2. The van der Waals surface area contributed by atoms with Gasteiger partial charge in [-0.2, -0.15) is 74.0 Å². The largest absolute Gasteiger partial charge is 0.506 e. The molecule has 12 rings (SSSR count). The van der Waals surface area contributed by atoms with Crippen molar-refractivity contribution in [1.29, 1.82) is 0 Å². The molecule has 0 fully saturated rings. The van der Waals surface area contributed by atoms with Crippen LogP contribution in [0.3, 0.4) is 0 Å². The fraction of sp³-hybridized carbons (Fsp3) is 0.147. The van der Waals surface area contributed by atoms with Gasteiger partial charge in [-0.1, -0.05) is 85.6 Å². The van der Waals surface area contributed by atoms with Crippen molar-refractivity contribution < 1.29 is 96.5 Å². The Kier molecular flexibility index (Phi) is 21.6. The van der Waals surface area contributed by atoms with Crippen LogP contribution in [0.4, 0.5) is 22.7 Å².